The Balaban J connectivity index is 1.48. The Kier molecular flexibility index (Phi) is 6.76. The molecule has 0 fully saturated rings. The van der Waals surface area contributed by atoms with Gasteiger partial charge in [-0.15, -0.1) is 0 Å². The van der Waals surface area contributed by atoms with E-state index in [1.165, 1.54) is 30.5 Å². The summed E-state index contributed by atoms with van der Waals surface area (Å²) in [6.07, 6.45) is 7.58. The van der Waals surface area contributed by atoms with Crippen LogP contribution in [-0.4, -0.2) is 41.0 Å². The first-order valence-electron chi connectivity index (χ1n) is 10.1. The van der Waals surface area contributed by atoms with Crippen molar-refractivity contribution in [2.75, 3.05) is 16.8 Å². The molecule has 2 N–H and O–H groups in total. The Bertz CT molecular complexity index is 1070. The number of aromatic nitrogens is 2. The topological polar surface area (TPSA) is 87.6 Å². The number of carbonyl (C=O) groups excluding carboxylic acids is 1. The molecule has 9 heteroatoms. The van der Waals surface area contributed by atoms with Crippen molar-refractivity contribution in [2.45, 2.75) is 19.1 Å². The SMILES string of the molecule is O=C(Nc1ccc(F)cc1)c1ccc(N(Cc2ccc([B]O)cn2)CC2CC=CO2)nc1. The van der Waals surface area contributed by atoms with E-state index in [1.807, 2.05) is 17.0 Å². The number of hydrogen-bond acceptors (Lipinski definition) is 6. The van der Waals surface area contributed by atoms with E-state index in [0.717, 1.165) is 19.6 Å². The van der Waals surface area contributed by atoms with Crippen LogP contribution >= 0.6 is 0 Å². The predicted octanol–water partition coefficient (Wildman–Crippen LogP) is 2.41. The number of nitrogens with one attached hydrogen (secondary N) is 1. The predicted molar refractivity (Wildman–Crippen MR) is 120 cm³/mol. The molecule has 3 heterocycles. The van der Waals surface area contributed by atoms with Gasteiger partial charge in [-0.2, -0.15) is 0 Å². The van der Waals surface area contributed by atoms with Gasteiger partial charge in [0.1, 0.15) is 17.7 Å². The maximum atomic E-state index is 13.0. The monoisotopic (exact) mass is 431 g/mol. The Morgan fingerprint density at radius 1 is 1.16 bits per heavy atom. The van der Waals surface area contributed by atoms with E-state index >= 15 is 0 Å². The molecule has 7 nitrogen and oxygen atoms in total. The molecule has 0 saturated heterocycles. The number of ether oxygens (including phenoxy) is 1. The maximum absolute atomic E-state index is 13.0. The average molecular weight is 431 g/mol. The zero-order chi connectivity index (χ0) is 22.3. The quantitative estimate of drug-likeness (QED) is 0.533. The highest BCUT2D eigenvalue weighted by Crippen LogP contribution is 2.19. The van der Waals surface area contributed by atoms with Crippen molar-refractivity contribution in [3.63, 3.8) is 0 Å². The number of carbonyl (C=O) groups is 1. The fourth-order valence-corrected chi connectivity index (χ4v) is 3.28. The summed E-state index contributed by atoms with van der Waals surface area (Å²) in [5.74, 6) is -0.0179. The molecule has 1 atom stereocenters. The van der Waals surface area contributed by atoms with Crippen molar-refractivity contribution in [2.24, 2.45) is 0 Å². The molecule has 0 saturated carbocycles. The molecule has 32 heavy (non-hydrogen) atoms. The fourth-order valence-electron chi connectivity index (χ4n) is 3.28. The van der Waals surface area contributed by atoms with Gasteiger partial charge in [-0.05, 0) is 54.0 Å². The number of hydrogen-bond donors (Lipinski definition) is 2. The summed E-state index contributed by atoms with van der Waals surface area (Å²) in [6, 6.07) is 12.7. The van der Waals surface area contributed by atoms with Gasteiger partial charge < -0.3 is 20.0 Å². The second-order valence-electron chi connectivity index (χ2n) is 7.32. The van der Waals surface area contributed by atoms with Crippen LogP contribution in [0, 0.1) is 5.82 Å². The number of nitrogens with zero attached hydrogens (tertiary/aromatic N) is 3. The number of pyridine rings is 2. The zero-order valence-electron chi connectivity index (χ0n) is 17.2. The van der Waals surface area contributed by atoms with Crippen LogP contribution in [0.15, 0.2) is 73.3 Å². The number of halogens is 1. The average Bonchev–Trinajstić information content (AvgIpc) is 3.34. The molecule has 0 bridgehead atoms. The van der Waals surface area contributed by atoms with Gasteiger partial charge in [-0.25, -0.2) is 9.37 Å². The minimum absolute atomic E-state index is 0.00306. The van der Waals surface area contributed by atoms with Crippen LogP contribution in [0.2, 0.25) is 0 Å². The van der Waals surface area contributed by atoms with Crippen molar-refractivity contribution < 1.29 is 18.9 Å². The first-order valence-corrected chi connectivity index (χ1v) is 10.1. The van der Waals surface area contributed by atoms with Crippen molar-refractivity contribution in [1.29, 1.82) is 0 Å². The molecule has 1 aromatic carbocycles. The van der Waals surface area contributed by atoms with Gasteiger partial charge in [0, 0.05) is 24.5 Å². The molecule has 1 aliphatic heterocycles. The van der Waals surface area contributed by atoms with E-state index in [0.29, 0.717) is 35.6 Å². The lowest BCUT2D eigenvalue weighted by atomic mass is 9.91. The Morgan fingerprint density at radius 2 is 2.00 bits per heavy atom. The highest BCUT2D eigenvalue weighted by Gasteiger charge is 2.19. The van der Waals surface area contributed by atoms with Gasteiger partial charge in [0.25, 0.3) is 5.91 Å². The van der Waals surface area contributed by atoms with E-state index in [1.54, 1.807) is 30.7 Å². The van der Waals surface area contributed by atoms with Crippen molar-refractivity contribution in [1.82, 2.24) is 9.97 Å². The highest BCUT2D eigenvalue weighted by molar-refractivity contribution is 6.45. The summed E-state index contributed by atoms with van der Waals surface area (Å²) in [7, 11) is 1.00. The largest absolute Gasteiger partial charge is 0.496 e. The van der Waals surface area contributed by atoms with Crippen LogP contribution in [0.25, 0.3) is 0 Å². The van der Waals surface area contributed by atoms with Crippen LogP contribution in [-0.2, 0) is 11.3 Å². The minimum atomic E-state index is -0.367. The summed E-state index contributed by atoms with van der Waals surface area (Å²) < 4.78 is 18.7. The molecular weight excluding hydrogens is 410 g/mol. The lowest BCUT2D eigenvalue weighted by Crippen LogP contribution is -2.33. The minimum Gasteiger partial charge on any atom is -0.496 e. The molecule has 1 aliphatic rings. The number of rotatable bonds is 8. The molecule has 161 valence electrons. The first-order chi connectivity index (χ1) is 15.6. The molecule has 0 spiro atoms. The van der Waals surface area contributed by atoms with Gasteiger partial charge in [0.2, 0.25) is 0 Å². The fraction of sp³-hybridized carbons (Fsp3) is 0.174. The smallest absolute Gasteiger partial charge is 0.328 e. The second-order valence-corrected chi connectivity index (χ2v) is 7.32. The normalized spacial score (nSPS) is 14.6. The van der Waals surface area contributed by atoms with Crippen molar-refractivity contribution in [3.8, 4) is 0 Å². The van der Waals surface area contributed by atoms with E-state index in [4.69, 9.17) is 9.76 Å². The van der Waals surface area contributed by atoms with Crippen LogP contribution in [0.5, 0.6) is 0 Å². The molecule has 4 rings (SSSR count). The standard InChI is InChI=1S/C23H21BFN4O3/c25-18-5-8-19(9-6-18)28-23(30)16-3-10-22(27-12-16)29(15-21-2-1-11-32-21)14-20-7-4-17(24-31)13-26-20/h1,3-13,21,31H,2,14-15H2,(H,28,30). The molecule has 1 radical (unpaired) electrons. The van der Waals surface area contributed by atoms with E-state index < -0.39 is 0 Å². The lowest BCUT2D eigenvalue weighted by molar-refractivity contribution is 0.102. The summed E-state index contributed by atoms with van der Waals surface area (Å²) in [5.41, 5.74) is 2.32. The highest BCUT2D eigenvalue weighted by atomic mass is 19.1. The van der Waals surface area contributed by atoms with Gasteiger partial charge in [0.05, 0.1) is 30.6 Å². The van der Waals surface area contributed by atoms with E-state index in [-0.39, 0.29) is 17.8 Å². The number of anilines is 2. The Labute approximate surface area is 185 Å². The summed E-state index contributed by atoms with van der Waals surface area (Å²) >= 11 is 0. The molecule has 2 aromatic heterocycles. The van der Waals surface area contributed by atoms with Gasteiger partial charge in [0.15, 0.2) is 0 Å². The zero-order valence-corrected chi connectivity index (χ0v) is 17.2. The molecule has 3 aromatic rings. The molecule has 1 unspecified atom stereocenters. The molecule has 0 aliphatic carbocycles. The summed E-state index contributed by atoms with van der Waals surface area (Å²) in [6.45, 7) is 1.08. The van der Waals surface area contributed by atoms with Gasteiger partial charge >= 0.3 is 7.48 Å². The summed E-state index contributed by atoms with van der Waals surface area (Å²) in [4.78, 5) is 23.4. The molecular formula is C23H21BFN4O3. The Morgan fingerprint density at radius 3 is 2.62 bits per heavy atom. The number of benzene rings is 1. The van der Waals surface area contributed by atoms with E-state index in [9.17, 15) is 9.18 Å². The number of amides is 1. The third-order valence-electron chi connectivity index (χ3n) is 4.98. The van der Waals surface area contributed by atoms with Gasteiger partial charge in [-0.1, -0.05) is 6.07 Å². The first kappa shape index (κ1) is 21.5. The van der Waals surface area contributed by atoms with Crippen LogP contribution < -0.4 is 15.7 Å². The van der Waals surface area contributed by atoms with Crippen LogP contribution in [0.3, 0.4) is 0 Å². The van der Waals surface area contributed by atoms with Crippen LogP contribution in [0.1, 0.15) is 22.5 Å². The molecule has 1 amide bonds. The van der Waals surface area contributed by atoms with Crippen LogP contribution in [0.4, 0.5) is 15.9 Å². The second kappa shape index (κ2) is 10.1. The van der Waals surface area contributed by atoms with Crippen molar-refractivity contribution >= 4 is 30.4 Å². The third-order valence-corrected chi connectivity index (χ3v) is 4.98. The van der Waals surface area contributed by atoms with E-state index in [2.05, 4.69) is 15.3 Å². The maximum Gasteiger partial charge on any atom is 0.328 e. The third kappa shape index (κ3) is 5.50. The summed E-state index contributed by atoms with van der Waals surface area (Å²) in [5, 5.41) is 11.8. The lowest BCUT2D eigenvalue weighted by Gasteiger charge is -2.26. The Hall–Kier alpha value is -3.72. The van der Waals surface area contributed by atoms with Gasteiger partial charge in [-0.3, -0.25) is 9.78 Å². The van der Waals surface area contributed by atoms with Crippen molar-refractivity contribution in [3.05, 3.63) is 90.3 Å².